The van der Waals surface area contributed by atoms with Crippen LogP contribution in [-0.2, 0) is 14.4 Å². The Morgan fingerprint density at radius 1 is 0.951 bits per heavy atom. The zero-order valence-corrected chi connectivity index (χ0v) is 23.8. The lowest BCUT2D eigenvalue weighted by Crippen LogP contribution is -2.51. The molecule has 0 radical (unpaired) electrons. The smallest absolute Gasteiger partial charge is 0.317 e. The van der Waals surface area contributed by atoms with Gasteiger partial charge in [-0.2, -0.15) is 0 Å². The number of thioether (sulfide) groups is 1. The van der Waals surface area contributed by atoms with Crippen LogP contribution < -0.4 is 19.5 Å². The molecule has 1 saturated heterocycles. The second-order valence-corrected chi connectivity index (χ2v) is 12.5. The van der Waals surface area contributed by atoms with Gasteiger partial charge in [-0.15, -0.1) is 0 Å². The average Bonchev–Trinajstić information content (AvgIpc) is 3.20. The molecule has 4 saturated carbocycles. The number of nitrogens with zero attached hydrogens (tertiary/aromatic N) is 1. The number of benzene rings is 2. The molecule has 2 aromatic carbocycles. The minimum atomic E-state index is -0.554. The van der Waals surface area contributed by atoms with Crippen molar-refractivity contribution in [3.63, 3.8) is 0 Å². The number of nitrogens with one attached hydrogen (secondary N) is 1. The molecule has 4 aliphatic carbocycles. The fraction of sp³-hybridized carbons (Fsp3) is 0.419. The average molecular weight is 577 g/mol. The number of ether oxygens (including phenoxy) is 3. The van der Waals surface area contributed by atoms with Gasteiger partial charge in [0.25, 0.3) is 11.1 Å². The molecule has 0 spiro atoms. The number of methoxy groups -OCH3 is 2. The van der Waals surface area contributed by atoms with Gasteiger partial charge in [0.1, 0.15) is 12.3 Å². The first kappa shape index (κ1) is 27.4. The minimum absolute atomic E-state index is 0.170. The molecule has 3 amide bonds. The first-order valence-electron chi connectivity index (χ1n) is 13.8. The molecule has 0 aromatic heterocycles. The van der Waals surface area contributed by atoms with Crippen LogP contribution in [0.5, 0.6) is 17.2 Å². The number of imide groups is 1. The highest BCUT2D eigenvalue weighted by atomic mass is 32.2. The van der Waals surface area contributed by atoms with Crippen LogP contribution in [0.15, 0.2) is 47.4 Å². The van der Waals surface area contributed by atoms with Crippen LogP contribution in [0, 0.1) is 23.2 Å². The Hall–Kier alpha value is -3.79. The van der Waals surface area contributed by atoms with Crippen LogP contribution in [0.2, 0.25) is 0 Å². The van der Waals surface area contributed by atoms with E-state index in [0.717, 1.165) is 35.9 Å². The van der Waals surface area contributed by atoms with E-state index in [2.05, 4.69) is 5.32 Å². The van der Waals surface area contributed by atoms with Gasteiger partial charge < -0.3 is 19.5 Å². The summed E-state index contributed by atoms with van der Waals surface area (Å²) < 4.78 is 16.6. The lowest BCUT2D eigenvalue weighted by molar-refractivity contribution is -0.161. The second kappa shape index (κ2) is 10.9. The summed E-state index contributed by atoms with van der Waals surface area (Å²) in [6.07, 6.45) is 8.01. The van der Waals surface area contributed by atoms with Crippen LogP contribution in [0.25, 0.3) is 6.08 Å². The maximum Gasteiger partial charge on any atom is 0.317 e. The molecule has 0 unspecified atom stereocenters. The van der Waals surface area contributed by atoms with E-state index in [0.29, 0.717) is 46.3 Å². The number of anilines is 1. The van der Waals surface area contributed by atoms with Crippen molar-refractivity contribution in [3.05, 3.63) is 52.9 Å². The highest BCUT2D eigenvalue weighted by Crippen LogP contribution is 2.60. The summed E-state index contributed by atoms with van der Waals surface area (Å²) in [5, 5.41) is 2.15. The molecule has 9 nitrogen and oxygen atoms in total. The predicted molar refractivity (Wildman–Crippen MR) is 154 cm³/mol. The molecule has 5 aliphatic rings. The lowest BCUT2D eigenvalue weighted by atomic mass is 9.49. The molecule has 4 bridgehead atoms. The van der Waals surface area contributed by atoms with Crippen molar-refractivity contribution in [1.29, 1.82) is 0 Å². The molecule has 2 aromatic rings. The Bertz CT molecular complexity index is 1400. The van der Waals surface area contributed by atoms with Gasteiger partial charge >= 0.3 is 5.97 Å². The molecule has 214 valence electrons. The van der Waals surface area contributed by atoms with Gasteiger partial charge in [0.15, 0.2) is 11.5 Å². The largest absolute Gasteiger partial charge is 0.497 e. The summed E-state index contributed by atoms with van der Waals surface area (Å²) in [6.45, 7) is -0.406. The molecule has 1 heterocycles. The fourth-order valence-corrected chi connectivity index (χ4v) is 8.07. The van der Waals surface area contributed by atoms with Crippen LogP contribution in [-0.4, -0.2) is 48.7 Å². The van der Waals surface area contributed by atoms with Gasteiger partial charge in [-0.25, -0.2) is 0 Å². The highest BCUT2D eigenvalue weighted by Gasteiger charge is 2.55. The first-order valence-corrected chi connectivity index (χ1v) is 14.7. The SMILES string of the molecule is COc1ccc(NC(=O)CN2C(=O)S/C(=C\c3ccc(OC(=O)C45CC6CC(CC(C6)C4)C5)c(OC)c3)C2=O)cc1. The summed E-state index contributed by atoms with van der Waals surface area (Å²) in [5.74, 6) is 2.02. The van der Waals surface area contributed by atoms with Crippen molar-refractivity contribution in [3.8, 4) is 17.2 Å². The Kier molecular flexibility index (Phi) is 7.27. The van der Waals surface area contributed by atoms with Crippen molar-refractivity contribution in [2.45, 2.75) is 38.5 Å². The Labute approximate surface area is 242 Å². The molecule has 0 atom stereocenters. The van der Waals surface area contributed by atoms with Crippen molar-refractivity contribution < 1.29 is 33.4 Å². The second-order valence-electron chi connectivity index (χ2n) is 11.5. The third-order valence-electron chi connectivity index (χ3n) is 8.71. The van der Waals surface area contributed by atoms with Crippen molar-refractivity contribution in [1.82, 2.24) is 4.90 Å². The van der Waals surface area contributed by atoms with Gasteiger partial charge in [0.2, 0.25) is 5.91 Å². The number of rotatable bonds is 8. The zero-order chi connectivity index (χ0) is 28.7. The van der Waals surface area contributed by atoms with Crippen LogP contribution in [0.4, 0.5) is 10.5 Å². The normalized spacial score (nSPS) is 27.3. The Morgan fingerprint density at radius 3 is 2.22 bits per heavy atom. The van der Waals surface area contributed by atoms with E-state index in [9.17, 15) is 19.2 Å². The zero-order valence-electron chi connectivity index (χ0n) is 23.0. The van der Waals surface area contributed by atoms with E-state index in [1.54, 1.807) is 55.7 Å². The van der Waals surface area contributed by atoms with Crippen molar-refractivity contribution in [2.24, 2.45) is 23.2 Å². The van der Waals surface area contributed by atoms with E-state index in [-0.39, 0.29) is 10.9 Å². The van der Waals surface area contributed by atoms with Crippen molar-refractivity contribution >= 4 is 46.5 Å². The lowest BCUT2D eigenvalue weighted by Gasteiger charge is -2.55. The standard InChI is InChI=1S/C31H32N2O7S/c1-38-23-6-4-22(5-7-23)32-27(34)17-33-28(35)26(41-30(33)37)13-18-3-8-24(25(12-18)39-2)40-29(36)31-14-19-9-20(15-31)11-21(10-19)16-31/h3-8,12-13,19-21H,9-11,14-17H2,1-2H3,(H,32,34)/b26-13-. The van der Waals surface area contributed by atoms with Crippen molar-refractivity contribution in [2.75, 3.05) is 26.1 Å². The van der Waals surface area contributed by atoms with E-state index < -0.39 is 29.0 Å². The Morgan fingerprint density at radius 2 is 1.61 bits per heavy atom. The molecule has 7 rings (SSSR count). The molecular formula is C31H32N2O7S. The number of amides is 3. The number of carbonyl (C=O) groups excluding carboxylic acids is 4. The predicted octanol–water partition coefficient (Wildman–Crippen LogP) is 5.50. The third kappa shape index (κ3) is 5.45. The number of hydrogen-bond donors (Lipinski definition) is 1. The molecule has 1 N–H and O–H groups in total. The summed E-state index contributed by atoms with van der Waals surface area (Å²) >= 11 is 0.766. The summed E-state index contributed by atoms with van der Waals surface area (Å²) in [7, 11) is 3.04. The quantitative estimate of drug-likeness (QED) is 0.249. The maximum absolute atomic E-state index is 13.4. The van der Waals surface area contributed by atoms with Gasteiger partial charge in [-0.1, -0.05) is 6.07 Å². The summed E-state index contributed by atoms with van der Waals surface area (Å²) in [4.78, 5) is 52.6. The van der Waals surface area contributed by atoms with E-state index >= 15 is 0 Å². The minimum Gasteiger partial charge on any atom is -0.497 e. The fourth-order valence-electron chi connectivity index (χ4n) is 7.23. The topological polar surface area (TPSA) is 111 Å². The Balaban J connectivity index is 1.12. The molecule has 10 heteroatoms. The van der Waals surface area contributed by atoms with E-state index in [1.165, 1.54) is 26.4 Å². The van der Waals surface area contributed by atoms with E-state index in [1.807, 2.05) is 0 Å². The van der Waals surface area contributed by atoms with Crippen LogP contribution in [0.1, 0.15) is 44.1 Å². The first-order chi connectivity index (χ1) is 19.7. The van der Waals surface area contributed by atoms with Gasteiger partial charge in [-0.05, 0) is 116 Å². The van der Waals surface area contributed by atoms with E-state index in [4.69, 9.17) is 14.2 Å². The summed E-state index contributed by atoms with van der Waals surface area (Å²) in [6, 6.07) is 11.8. The summed E-state index contributed by atoms with van der Waals surface area (Å²) in [5.41, 5.74) is 0.732. The van der Waals surface area contributed by atoms with Gasteiger partial charge in [-0.3, -0.25) is 24.1 Å². The van der Waals surface area contributed by atoms with Gasteiger partial charge in [0, 0.05) is 5.69 Å². The number of esters is 1. The monoisotopic (exact) mass is 576 g/mol. The van der Waals surface area contributed by atoms with Crippen LogP contribution in [0.3, 0.4) is 0 Å². The molecular weight excluding hydrogens is 544 g/mol. The maximum atomic E-state index is 13.4. The number of carbonyl (C=O) groups is 4. The molecule has 41 heavy (non-hydrogen) atoms. The molecule has 1 aliphatic heterocycles. The third-order valence-corrected chi connectivity index (χ3v) is 9.62. The van der Waals surface area contributed by atoms with Crippen LogP contribution >= 0.6 is 11.8 Å². The molecule has 5 fully saturated rings. The highest BCUT2D eigenvalue weighted by molar-refractivity contribution is 8.18. The van der Waals surface area contributed by atoms with Gasteiger partial charge in [0.05, 0.1) is 24.5 Å². The number of hydrogen-bond acceptors (Lipinski definition) is 8.